The highest BCUT2D eigenvalue weighted by molar-refractivity contribution is 5.82. The Labute approximate surface area is 134 Å². The van der Waals surface area contributed by atoms with Crippen LogP contribution in [0.4, 0.5) is 4.39 Å². The van der Waals surface area contributed by atoms with Crippen LogP contribution in [0, 0.1) is 5.82 Å². The lowest BCUT2D eigenvalue weighted by Gasteiger charge is -2.15. The maximum Gasteiger partial charge on any atom is 0.150 e. The van der Waals surface area contributed by atoms with Crippen LogP contribution in [0.5, 0.6) is 11.5 Å². The minimum Gasteiger partial charge on any atom is -0.493 e. The van der Waals surface area contributed by atoms with Crippen LogP contribution in [0.2, 0.25) is 0 Å². The minimum absolute atomic E-state index is 0.309. The molecule has 0 aromatic heterocycles. The summed E-state index contributed by atoms with van der Waals surface area (Å²) in [6, 6.07) is 9.44. The number of methoxy groups -OCH3 is 1. The van der Waals surface area contributed by atoms with Gasteiger partial charge in [0, 0.05) is 29.9 Å². The van der Waals surface area contributed by atoms with E-state index in [0.717, 1.165) is 11.8 Å². The molecule has 0 saturated heterocycles. The Kier molecular flexibility index (Phi) is 6.11. The van der Waals surface area contributed by atoms with Gasteiger partial charge in [-0.2, -0.15) is 0 Å². The van der Waals surface area contributed by atoms with E-state index >= 15 is 0 Å². The first-order valence-electron chi connectivity index (χ1n) is 7.33. The molecule has 0 amide bonds. The molecular weight excluding hydrogens is 299 g/mol. The van der Waals surface area contributed by atoms with Crippen molar-refractivity contribution >= 4 is 6.29 Å². The summed E-state index contributed by atoms with van der Waals surface area (Å²) in [5, 5.41) is 0. The predicted molar refractivity (Wildman–Crippen MR) is 85.8 cm³/mol. The lowest BCUT2D eigenvalue weighted by molar-refractivity contribution is 0.112. The van der Waals surface area contributed by atoms with Gasteiger partial charge in [0.25, 0.3) is 0 Å². The number of hydrogen-bond acceptors (Lipinski definition) is 4. The van der Waals surface area contributed by atoms with E-state index in [0.29, 0.717) is 42.4 Å². The molecular formula is C18H19FO4. The monoisotopic (exact) mass is 318 g/mol. The zero-order valence-corrected chi connectivity index (χ0v) is 13.2. The summed E-state index contributed by atoms with van der Waals surface area (Å²) < 4.78 is 29.7. The third kappa shape index (κ3) is 4.29. The quantitative estimate of drug-likeness (QED) is 0.549. The topological polar surface area (TPSA) is 44.8 Å². The summed E-state index contributed by atoms with van der Waals surface area (Å²) in [7, 11) is 1.57. The lowest BCUT2D eigenvalue weighted by atomic mass is 10.0. The summed E-state index contributed by atoms with van der Waals surface area (Å²) in [6.07, 6.45) is 0.757. The highest BCUT2D eigenvalue weighted by Crippen LogP contribution is 2.37. The third-order valence-corrected chi connectivity index (χ3v) is 3.22. The summed E-state index contributed by atoms with van der Waals surface area (Å²) in [5.41, 5.74) is 1.95. The van der Waals surface area contributed by atoms with Gasteiger partial charge in [0.15, 0.2) is 0 Å². The Morgan fingerprint density at radius 2 is 1.70 bits per heavy atom. The molecule has 0 saturated carbocycles. The van der Waals surface area contributed by atoms with E-state index in [9.17, 15) is 9.18 Å². The first-order chi connectivity index (χ1) is 11.2. The highest BCUT2D eigenvalue weighted by Gasteiger charge is 2.14. The van der Waals surface area contributed by atoms with Crippen molar-refractivity contribution in [2.75, 3.05) is 26.9 Å². The summed E-state index contributed by atoms with van der Waals surface area (Å²) in [6.45, 7) is 3.02. The second-order valence-corrected chi connectivity index (χ2v) is 4.79. The van der Waals surface area contributed by atoms with Gasteiger partial charge in [-0.25, -0.2) is 4.39 Å². The van der Waals surface area contributed by atoms with E-state index in [1.54, 1.807) is 31.4 Å². The molecule has 5 heteroatoms. The van der Waals surface area contributed by atoms with Crippen LogP contribution < -0.4 is 9.47 Å². The van der Waals surface area contributed by atoms with Crippen molar-refractivity contribution in [3.8, 4) is 22.6 Å². The Bertz CT molecular complexity index is 670. The van der Waals surface area contributed by atoms with Gasteiger partial charge in [0.2, 0.25) is 0 Å². The molecule has 0 atom stereocenters. The van der Waals surface area contributed by atoms with E-state index < -0.39 is 0 Å². The zero-order valence-electron chi connectivity index (χ0n) is 13.2. The maximum atomic E-state index is 13.6. The Morgan fingerprint density at radius 3 is 2.35 bits per heavy atom. The standard InChI is InChI=1S/C18H19FO4/c1-3-22-17-10-13(12-20)4-6-15(17)16-7-5-14(19)11-18(16)23-9-8-21-2/h4-7,10-12H,3,8-9H2,1-2H3. The molecule has 0 fully saturated rings. The number of carbonyl (C=O) groups is 1. The SMILES string of the molecule is CCOc1cc(C=O)ccc1-c1ccc(F)cc1OCCOC. The van der Waals surface area contributed by atoms with Crippen LogP contribution in [0.15, 0.2) is 36.4 Å². The number of ether oxygens (including phenoxy) is 3. The van der Waals surface area contributed by atoms with Gasteiger partial charge in [-0.15, -0.1) is 0 Å². The van der Waals surface area contributed by atoms with E-state index in [2.05, 4.69) is 0 Å². The van der Waals surface area contributed by atoms with Gasteiger partial charge < -0.3 is 14.2 Å². The molecule has 2 rings (SSSR count). The molecule has 4 nitrogen and oxygen atoms in total. The molecule has 0 aliphatic heterocycles. The minimum atomic E-state index is -0.386. The Balaban J connectivity index is 2.45. The third-order valence-electron chi connectivity index (χ3n) is 3.22. The maximum absolute atomic E-state index is 13.6. The average Bonchev–Trinajstić information content (AvgIpc) is 2.56. The van der Waals surface area contributed by atoms with Crippen molar-refractivity contribution in [2.45, 2.75) is 6.92 Å². The second kappa shape index (κ2) is 8.29. The van der Waals surface area contributed by atoms with Crippen molar-refractivity contribution in [3.63, 3.8) is 0 Å². The largest absolute Gasteiger partial charge is 0.493 e. The van der Waals surface area contributed by atoms with Crippen LogP contribution >= 0.6 is 0 Å². The summed E-state index contributed by atoms with van der Waals surface area (Å²) >= 11 is 0. The molecule has 0 aliphatic carbocycles. The molecule has 0 N–H and O–H groups in total. The number of aldehydes is 1. The second-order valence-electron chi connectivity index (χ2n) is 4.79. The Morgan fingerprint density at radius 1 is 1.00 bits per heavy atom. The average molecular weight is 318 g/mol. The van der Waals surface area contributed by atoms with E-state index in [1.807, 2.05) is 6.92 Å². The Hall–Kier alpha value is -2.40. The van der Waals surface area contributed by atoms with E-state index in [-0.39, 0.29) is 5.82 Å². The lowest BCUT2D eigenvalue weighted by Crippen LogP contribution is -2.05. The number of carbonyl (C=O) groups excluding carboxylic acids is 1. The van der Waals surface area contributed by atoms with Gasteiger partial charge in [-0.05, 0) is 31.2 Å². The zero-order chi connectivity index (χ0) is 16.7. The van der Waals surface area contributed by atoms with Gasteiger partial charge in [0.1, 0.15) is 30.2 Å². The molecule has 0 radical (unpaired) electrons. The molecule has 0 spiro atoms. The molecule has 0 aliphatic rings. The first kappa shape index (κ1) is 17.0. The number of hydrogen-bond donors (Lipinski definition) is 0. The number of rotatable bonds is 8. The molecule has 2 aromatic carbocycles. The van der Waals surface area contributed by atoms with Gasteiger partial charge in [0.05, 0.1) is 13.2 Å². The fourth-order valence-corrected chi connectivity index (χ4v) is 2.18. The smallest absolute Gasteiger partial charge is 0.150 e. The van der Waals surface area contributed by atoms with Crippen molar-refractivity contribution in [3.05, 3.63) is 47.8 Å². The van der Waals surface area contributed by atoms with Crippen molar-refractivity contribution in [1.82, 2.24) is 0 Å². The van der Waals surface area contributed by atoms with Crippen molar-refractivity contribution < 1.29 is 23.4 Å². The highest BCUT2D eigenvalue weighted by atomic mass is 19.1. The molecule has 0 unspecified atom stereocenters. The van der Waals surface area contributed by atoms with Crippen LogP contribution in [0.25, 0.3) is 11.1 Å². The van der Waals surface area contributed by atoms with Crippen LogP contribution in [0.1, 0.15) is 17.3 Å². The number of benzene rings is 2. The van der Waals surface area contributed by atoms with Crippen molar-refractivity contribution in [1.29, 1.82) is 0 Å². The van der Waals surface area contributed by atoms with Gasteiger partial charge in [-0.3, -0.25) is 4.79 Å². The molecule has 23 heavy (non-hydrogen) atoms. The van der Waals surface area contributed by atoms with Crippen LogP contribution in [-0.2, 0) is 4.74 Å². The number of halogens is 1. The fourth-order valence-electron chi connectivity index (χ4n) is 2.18. The van der Waals surface area contributed by atoms with Crippen LogP contribution in [0.3, 0.4) is 0 Å². The van der Waals surface area contributed by atoms with Gasteiger partial charge >= 0.3 is 0 Å². The summed E-state index contributed by atoms with van der Waals surface area (Å²) in [4.78, 5) is 11.0. The predicted octanol–water partition coefficient (Wildman–Crippen LogP) is 3.73. The molecule has 122 valence electrons. The normalized spacial score (nSPS) is 10.4. The van der Waals surface area contributed by atoms with E-state index in [1.165, 1.54) is 12.1 Å². The molecule has 0 bridgehead atoms. The van der Waals surface area contributed by atoms with Crippen LogP contribution in [-0.4, -0.2) is 33.2 Å². The van der Waals surface area contributed by atoms with Gasteiger partial charge in [-0.1, -0.05) is 6.07 Å². The van der Waals surface area contributed by atoms with Crippen molar-refractivity contribution in [2.24, 2.45) is 0 Å². The molecule has 0 heterocycles. The molecule has 2 aromatic rings. The fraction of sp³-hybridized carbons (Fsp3) is 0.278. The first-order valence-corrected chi connectivity index (χ1v) is 7.33. The summed E-state index contributed by atoms with van der Waals surface area (Å²) in [5.74, 6) is 0.575. The van der Waals surface area contributed by atoms with E-state index in [4.69, 9.17) is 14.2 Å².